The summed E-state index contributed by atoms with van der Waals surface area (Å²) >= 11 is 17.5. The summed E-state index contributed by atoms with van der Waals surface area (Å²) in [5, 5.41) is 7.79. The van der Waals surface area contributed by atoms with Crippen molar-refractivity contribution in [1.82, 2.24) is 14.9 Å². The molecule has 0 aliphatic carbocycles. The van der Waals surface area contributed by atoms with Gasteiger partial charge in [-0.25, -0.2) is 4.68 Å². The standard InChI is InChI=1S/C18H18Cl2N4O2S/c1-2-25-16-7-13(9-22-24-11-21-23-18(24)27)15(20)8-17(16)26-10-12-3-5-14(19)6-4-12/h3-8,11,22H,2,9-10H2,1H3,(H,23,27). The summed E-state index contributed by atoms with van der Waals surface area (Å²) in [6.07, 6.45) is 1.56. The topological polar surface area (TPSA) is 64.1 Å². The fourth-order valence-electron chi connectivity index (χ4n) is 2.37. The van der Waals surface area contributed by atoms with Crippen LogP contribution >= 0.6 is 35.4 Å². The average Bonchev–Trinajstić information content (AvgIpc) is 3.07. The van der Waals surface area contributed by atoms with Gasteiger partial charge in [-0.1, -0.05) is 35.3 Å². The Morgan fingerprint density at radius 2 is 1.89 bits per heavy atom. The third-order valence-electron chi connectivity index (χ3n) is 3.71. The molecule has 142 valence electrons. The van der Waals surface area contributed by atoms with E-state index in [0.717, 1.165) is 11.1 Å². The van der Waals surface area contributed by atoms with E-state index >= 15 is 0 Å². The number of H-pyrrole nitrogens is 1. The Hall–Kier alpha value is -2.22. The van der Waals surface area contributed by atoms with Gasteiger partial charge in [0.2, 0.25) is 4.77 Å². The van der Waals surface area contributed by atoms with Crippen LogP contribution in [0.15, 0.2) is 42.7 Å². The molecular weight excluding hydrogens is 407 g/mol. The second-order valence-corrected chi connectivity index (χ2v) is 6.84. The van der Waals surface area contributed by atoms with Crippen molar-refractivity contribution in [2.45, 2.75) is 20.1 Å². The van der Waals surface area contributed by atoms with E-state index in [-0.39, 0.29) is 0 Å². The summed E-state index contributed by atoms with van der Waals surface area (Å²) in [6, 6.07) is 11.1. The van der Waals surface area contributed by atoms with Gasteiger partial charge in [0.15, 0.2) is 11.5 Å². The normalized spacial score (nSPS) is 10.6. The van der Waals surface area contributed by atoms with Gasteiger partial charge in [-0.05, 0) is 48.5 Å². The van der Waals surface area contributed by atoms with Gasteiger partial charge in [-0.15, -0.1) is 0 Å². The second-order valence-electron chi connectivity index (χ2n) is 5.60. The maximum absolute atomic E-state index is 6.43. The Balaban J connectivity index is 1.75. The number of benzene rings is 2. The zero-order valence-electron chi connectivity index (χ0n) is 14.5. The van der Waals surface area contributed by atoms with Crippen LogP contribution in [-0.2, 0) is 13.2 Å². The van der Waals surface area contributed by atoms with Crippen molar-refractivity contribution in [2.24, 2.45) is 0 Å². The molecule has 0 unspecified atom stereocenters. The Kier molecular flexibility index (Phi) is 6.60. The molecule has 3 rings (SSSR count). The summed E-state index contributed by atoms with van der Waals surface area (Å²) in [5.41, 5.74) is 4.97. The van der Waals surface area contributed by atoms with E-state index in [0.29, 0.717) is 46.1 Å². The summed E-state index contributed by atoms with van der Waals surface area (Å²) < 4.78 is 13.7. The van der Waals surface area contributed by atoms with E-state index in [2.05, 4.69) is 15.6 Å². The van der Waals surface area contributed by atoms with Crippen LogP contribution in [0.25, 0.3) is 0 Å². The van der Waals surface area contributed by atoms with E-state index in [4.69, 9.17) is 44.9 Å². The lowest BCUT2D eigenvalue weighted by Gasteiger charge is -2.15. The minimum Gasteiger partial charge on any atom is -0.490 e. The molecule has 0 fully saturated rings. The highest BCUT2D eigenvalue weighted by Gasteiger charge is 2.12. The van der Waals surface area contributed by atoms with E-state index < -0.39 is 0 Å². The van der Waals surface area contributed by atoms with E-state index in [1.54, 1.807) is 17.1 Å². The quantitative estimate of drug-likeness (QED) is 0.499. The fraction of sp³-hybridized carbons (Fsp3) is 0.222. The number of aromatic amines is 1. The van der Waals surface area contributed by atoms with Gasteiger partial charge in [0.25, 0.3) is 0 Å². The highest BCUT2D eigenvalue weighted by molar-refractivity contribution is 7.71. The van der Waals surface area contributed by atoms with Gasteiger partial charge < -0.3 is 14.9 Å². The SMILES string of the molecule is CCOc1cc(CNn2cn[nH]c2=S)c(Cl)cc1OCc1ccc(Cl)cc1. The molecule has 9 heteroatoms. The minimum absolute atomic E-state index is 0.384. The van der Waals surface area contributed by atoms with E-state index in [1.165, 1.54) is 0 Å². The molecular formula is C18H18Cl2N4O2S. The molecule has 0 bridgehead atoms. The predicted molar refractivity (Wildman–Crippen MR) is 109 cm³/mol. The molecule has 0 aliphatic heterocycles. The van der Waals surface area contributed by atoms with Crippen LogP contribution in [0.1, 0.15) is 18.1 Å². The maximum atomic E-state index is 6.43. The molecule has 2 N–H and O–H groups in total. The van der Waals surface area contributed by atoms with Crippen molar-refractivity contribution < 1.29 is 9.47 Å². The molecule has 1 heterocycles. The molecule has 0 saturated heterocycles. The number of halogens is 2. The fourth-order valence-corrected chi connectivity index (χ4v) is 2.88. The Morgan fingerprint density at radius 1 is 1.15 bits per heavy atom. The molecule has 0 saturated carbocycles. The largest absolute Gasteiger partial charge is 0.490 e. The Labute approximate surface area is 172 Å². The van der Waals surface area contributed by atoms with Crippen LogP contribution in [0.5, 0.6) is 11.5 Å². The van der Waals surface area contributed by atoms with Crippen LogP contribution in [0.4, 0.5) is 0 Å². The van der Waals surface area contributed by atoms with Crippen LogP contribution in [0.2, 0.25) is 10.0 Å². The lowest BCUT2D eigenvalue weighted by Crippen LogP contribution is -2.14. The van der Waals surface area contributed by atoms with Gasteiger partial charge in [-0.2, -0.15) is 5.10 Å². The van der Waals surface area contributed by atoms with Gasteiger partial charge in [0.1, 0.15) is 12.9 Å². The highest BCUT2D eigenvalue weighted by Crippen LogP contribution is 2.34. The maximum Gasteiger partial charge on any atom is 0.214 e. The number of nitrogens with one attached hydrogen (secondary N) is 2. The molecule has 0 atom stereocenters. The smallest absolute Gasteiger partial charge is 0.214 e. The zero-order chi connectivity index (χ0) is 19.2. The van der Waals surface area contributed by atoms with Crippen molar-refractivity contribution in [3.8, 4) is 11.5 Å². The molecule has 6 nitrogen and oxygen atoms in total. The number of hydrogen-bond acceptors (Lipinski definition) is 5. The van der Waals surface area contributed by atoms with Crippen LogP contribution in [0.3, 0.4) is 0 Å². The Morgan fingerprint density at radius 3 is 2.56 bits per heavy atom. The van der Waals surface area contributed by atoms with Gasteiger partial charge in [0, 0.05) is 16.1 Å². The van der Waals surface area contributed by atoms with E-state index in [1.807, 2.05) is 37.3 Å². The first-order valence-electron chi connectivity index (χ1n) is 8.25. The van der Waals surface area contributed by atoms with Gasteiger partial charge in [0.05, 0.1) is 13.2 Å². The van der Waals surface area contributed by atoms with Crippen molar-refractivity contribution in [1.29, 1.82) is 0 Å². The summed E-state index contributed by atoms with van der Waals surface area (Å²) in [7, 11) is 0. The first-order chi connectivity index (χ1) is 13.1. The highest BCUT2D eigenvalue weighted by atomic mass is 35.5. The zero-order valence-corrected chi connectivity index (χ0v) is 16.9. The number of aromatic nitrogens is 3. The monoisotopic (exact) mass is 424 g/mol. The molecule has 0 spiro atoms. The lowest BCUT2D eigenvalue weighted by molar-refractivity contribution is 0.269. The molecule has 1 aromatic heterocycles. The Bertz CT molecular complexity index is 957. The first-order valence-corrected chi connectivity index (χ1v) is 9.41. The van der Waals surface area contributed by atoms with Crippen molar-refractivity contribution >= 4 is 35.4 Å². The number of nitrogens with zero attached hydrogens (tertiary/aromatic N) is 2. The third-order valence-corrected chi connectivity index (χ3v) is 4.60. The molecule has 3 aromatic rings. The molecule has 27 heavy (non-hydrogen) atoms. The molecule has 2 aromatic carbocycles. The van der Waals surface area contributed by atoms with E-state index in [9.17, 15) is 0 Å². The molecule has 0 radical (unpaired) electrons. The first kappa shape index (κ1) is 19.5. The summed E-state index contributed by atoms with van der Waals surface area (Å²) in [6.45, 7) is 3.26. The average molecular weight is 425 g/mol. The minimum atomic E-state index is 0.384. The van der Waals surface area contributed by atoms with Crippen LogP contribution < -0.4 is 14.9 Å². The van der Waals surface area contributed by atoms with Crippen LogP contribution in [0, 0.1) is 4.77 Å². The number of hydrogen-bond donors (Lipinski definition) is 2. The van der Waals surface area contributed by atoms with Crippen molar-refractivity contribution in [3.63, 3.8) is 0 Å². The lowest BCUT2D eigenvalue weighted by atomic mass is 10.2. The second kappa shape index (κ2) is 9.12. The summed E-state index contributed by atoms with van der Waals surface area (Å²) in [5.74, 6) is 1.21. The third kappa shape index (κ3) is 5.15. The van der Waals surface area contributed by atoms with Gasteiger partial charge in [-0.3, -0.25) is 5.10 Å². The summed E-state index contributed by atoms with van der Waals surface area (Å²) in [4.78, 5) is 0. The number of rotatable bonds is 8. The molecule has 0 amide bonds. The number of ether oxygens (including phenoxy) is 2. The van der Waals surface area contributed by atoms with Crippen molar-refractivity contribution in [2.75, 3.05) is 12.0 Å². The predicted octanol–water partition coefficient (Wildman–Crippen LogP) is 4.97. The van der Waals surface area contributed by atoms with Crippen molar-refractivity contribution in [3.05, 3.63) is 68.7 Å². The van der Waals surface area contributed by atoms with Gasteiger partial charge >= 0.3 is 0 Å². The molecule has 0 aliphatic rings. The van der Waals surface area contributed by atoms with Crippen LogP contribution in [-0.4, -0.2) is 21.5 Å².